The average Bonchev–Trinajstić information content (AvgIpc) is 2.87. The lowest BCUT2D eigenvalue weighted by molar-refractivity contribution is 0.0742. The van der Waals surface area contributed by atoms with E-state index >= 15 is 0 Å². The molecule has 1 aromatic heterocycles. The van der Waals surface area contributed by atoms with Gasteiger partial charge in [-0.15, -0.1) is 11.3 Å². The van der Waals surface area contributed by atoms with Crippen LogP contribution in [0.1, 0.15) is 20.9 Å². The molecule has 116 valence electrons. The number of benzene rings is 1. The summed E-state index contributed by atoms with van der Waals surface area (Å²) in [4.78, 5) is 22.1. The lowest BCUT2D eigenvalue weighted by atomic mass is 10.1. The Morgan fingerprint density at radius 1 is 1.18 bits per heavy atom. The summed E-state index contributed by atoms with van der Waals surface area (Å²) in [6.45, 7) is 6.70. The van der Waals surface area contributed by atoms with E-state index in [0.29, 0.717) is 13.1 Å². The van der Waals surface area contributed by atoms with Gasteiger partial charge in [0.05, 0.1) is 11.3 Å². The van der Waals surface area contributed by atoms with Gasteiger partial charge in [-0.1, -0.05) is 12.1 Å². The van der Waals surface area contributed by atoms with Crippen LogP contribution in [-0.4, -0.2) is 42.0 Å². The number of piperazine rings is 1. The SMILES string of the molecule is Cc1nc(N2CCN(C(=O)c3ccccc3F)CC2)sc1C. The fraction of sp³-hybridized carbons (Fsp3) is 0.375. The summed E-state index contributed by atoms with van der Waals surface area (Å²) in [6, 6.07) is 6.15. The van der Waals surface area contributed by atoms with E-state index in [1.807, 2.05) is 6.92 Å². The number of rotatable bonds is 2. The Morgan fingerprint density at radius 3 is 2.45 bits per heavy atom. The lowest BCUT2D eigenvalue weighted by Crippen LogP contribution is -2.49. The van der Waals surface area contributed by atoms with Crippen molar-refractivity contribution in [3.63, 3.8) is 0 Å². The van der Waals surface area contributed by atoms with Gasteiger partial charge in [0.15, 0.2) is 5.13 Å². The summed E-state index contributed by atoms with van der Waals surface area (Å²) >= 11 is 1.68. The maximum absolute atomic E-state index is 13.7. The molecule has 0 saturated carbocycles. The first-order valence-corrected chi connectivity index (χ1v) is 8.10. The first kappa shape index (κ1) is 15.0. The van der Waals surface area contributed by atoms with Crippen molar-refractivity contribution < 1.29 is 9.18 Å². The summed E-state index contributed by atoms with van der Waals surface area (Å²) in [5.74, 6) is -0.689. The zero-order valence-corrected chi connectivity index (χ0v) is 13.5. The number of hydrogen-bond donors (Lipinski definition) is 0. The Labute approximate surface area is 133 Å². The number of carbonyl (C=O) groups is 1. The second kappa shape index (κ2) is 6.04. The van der Waals surface area contributed by atoms with Gasteiger partial charge in [-0.3, -0.25) is 4.79 Å². The van der Waals surface area contributed by atoms with Crippen molar-refractivity contribution >= 4 is 22.4 Å². The van der Waals surface area contributed by atoms with Crippen molar-refractivity contribution in [1.29, 1.82) is 0 Å². The highest BCUT2D eigenvalue weighted by molar-refractivity contribution is 7.15. The van der Waals surface area contributed by atoms with Crippen LogP contribution in [0.5, 0.6) is 0 Å². The maximum atomic E-state index is 13.7. The van der Waals surface area contributed by atoms with Crippen molar-refractivity contribution in [1.82, 2.24) is 9.88 Å². The molecule has 0 unspecified atom stereocenters. The van der Waals surface area contributed by atoms with E-state index in [1.54, 1.807) is 28.4 Å². The number of amides is 1. The normalized spacial score (nSPS) is 15.2. The van der Waals surface area contributed by atoms with Gasteiger partial charge < -0.3 is 9.80 Å². The largest absolute Gasteiger partial charge is 0.345 e. The molecule has 6 heteroatoms. The van der Waals surface area contributed by atoms with Crippen molar-refractivity contribution in [2.45, 2.75) is 13.8 Å². The predicted octanol–water partition coefficient (Wildman–Crippen LogP) is 2.86. The molecule has 0 spiro atoms. The van der Waals surface area contributed by atoms with Crippen LogP contribution in [0.25, 0.3) is 0 Å². The molecular weight excluding hydrogens is 301 g/mol. The Morgan fingerprint density at radius 2 is 1.86 bits per heavy atom. The predicted molar refractivity (Wildman–Crippen MR) is 86.1 cm³/mol. The fourth-order valence-corrected chi connectivity index (χ4v) is 3.46. The Kier molecular flexibility index (Phi) is 4.11. The van der Waals surface area contributed by atoms with E-state index in [9.17, 15) is 9.18 Å². The molecule has 4 nitrogen and oxygen atoms in total. The molecule has 0 radical (unpaired) electrons. The van der Waals surface area contributed by atoms with E-state index in [0.717, 1.165) is 23.9 Å². The topological polar surface area (TPSA) is 36.4 Å². The minimum Gasteiger partial charge on any atom is -0.345 e. The van der Waals surface area contributed by atoms with Gasteiger partial charge in [0.2, 0.25) is 0 Å². The quantitative estimate of drug-likeness (QED) is 0.854. The molecule has 1 aliphatic heterocycles. The molecule has 0 N–H and O–H groups in total. The number of anilines is 1. The molecule has 1 amide bonds. The molecule has 1 aliphatic rings. The van der Waals surface area contributed by atoms with Crippen LogP contribution < -0.4 is 4.90 Å². The Hall–Kier alpha value is -1.95. The zero-order chi connectivity index (χ0) is 15.7. The molecule has 2 heterocycles. The number of halogens is 1. The molecule has 0 bridgehead atoms. The minimum absolute atomic E-state index is 0.150. The van der Waals surface area contributed by atoms with Crippen molar-refractivity contribution in [3.05, 3.63) is 46.2 Å². The summed E-state index contributed by atoms with van der Waals surface area (Å²) in [5, 5.41) is 1.01. The number of hydrogen-bond acceptors (Lipinski definition) is 4. The van der Waals surface area contributed by atoms with Crippen molar-refractivity contribution in [2.24, 2.45) is 0 Å². The number of carbonyl (C=O) groups excluding carboxylic acids is 1. The van der Waals surface area contributed by atoms with Gasteiger partial charge in [0.25, 0.3) is 5.91 Å². The standard InChI is InChI=1S/C16H18FN3OS/c1-11-12(2)22-16(18-11)20-9-7-19(8-10-20)15(21)13-5-3-4-6-14(13)17/h3-6H,7-10H2,1-2H3. The van der Waals surface area contributed by atoms with Crippen LogP contribution in [-0.2, 0) is 0 Å². The van der Waals surface area contributed by atoms with Gasteiger partial charge in [-0.25, -0.2) is 9.37 Å². The van der Waals surface area contributed by atoms with E-state index in [1.165, 1.54) is 17.0 Å². The van der Waals surface area contributed by atoms with Gasteiger partial charge in [-0.2, -0.15) is 0 Å². The Bertz CT molecular complexity index is 673. The van der Waals surface area contributed by atoms with Crippen LogP contribution >= 0.6 is 11.3 Å². The van der Waals surface area contributed by atoms with Gasteiger partial charge in [0.1, 0.15) is 5.82 Å². The summed E-state index contributed by atoms with van der Waals surface area (Å²) in [6.07, 6.45) is 0. The van der Waals surface area contributed by atoms with Gasteiger partial charge in [-0.05, 0) is 26.0 Å². The molecule has 1 fully saturated rings. The van der Waals surface area contributed by atoms with Crippen LogP contribution in [0, 0.1) is 19.7 Å². The summed E-state index contributed by atoms with van der Waals surface area (Å²) in [5.41, 5.74) is 1.21. The number of aromatic nitrogens is 1. The molecule has 22 heavy (non-hydrogen) atoms. The number of nitrogens with zero attached hydrogens (tertiary/aromatic N) is 3. The highest BCUT2D eigenvalue weighted by atomic mass is 32.1. The van der Waals surface area contributed by atoms with Crippen LogP contribution in [0.2, 0.25) is 0 Å². The minimum atomic E-state index is -0.457. The number of thiazole rings is 1. The molecule has 0 atom stereocenters. The highest BCUT2D eigenvalue weighted by Gasteiger charge is 2.25. The second-order valence-electron chi connectivity index (χ2n) is 5.40. The third-order valence-corrected chi connectivity index (χ3v) is 5.09. The smallest absolute Gasteiger partial charge is 0.256 e. The first-order chi connectivity index (χ1) is 10.6. The van der Waals surface area contributed by atoms with Crippen LogP contribution in [0.3, 0.4) is 0 Å². The number of aryl methyl sites for hydroxylation is 2. The average molecular weight is 319 g/mol. The van der Waals surface area contributed by atoms with E-state index < -0.39 is 5.82 Å². The van der Waals surface area contributed by atoms with E-state index in [4.69, 9.17) is 0 Å². The van der Waals surface area contributed by atoms with Crippen molar-refractivity contribution in [3.8, 4) is 0 Å². The third-order valence-electron chi connectivity index (χ3n) is 3.96. The van der Waals surface area contributed by atoms with Crippen molar-refractivity contribution in [2.75, 3.05) is 31.1 Å². The molecule has 3 rings (SSSR count). The summed E-state index contributed by atoms with van der Waals surface area (Å²) in [7, 11) is 0. The molecule has 1 saturated heterocycles. The molecule has 1 aromatic carbocycles. The third kappa shape index (κ3) is 2.83. The monoisotopic (exact) mass is 319 g/mol. The van der Waals surface area contributed by atoms with Gasteiger partial charge in [0, 0.05) is 31.1 Å². The second-order valence-corrected chi connectivity index (χ2v) is 6.58. The first-order valence-electron chi connectivity index (χ1n) is 7.29. The fourth-order valence-electron chi connectivity index (χ4n) is 2.50. The zero-order valence-electron chi connectivity index (χ0n) is 12.7. The molecule has 0 aliphatic carbocycles. The summed E-state index contributed by atoms with van der Waals surface area (Å²) < 4.78 is 13.7. The maximum Gasteiger partial charge on any atom is 0.256 e. The van der Waals surface area contributed by atoms with Gasteiger partial charge >= 0.3 is 0 Å². The molecular formula is C16H18FN3OS. The lowest BCUT2D eigenvalue weighted by Gasteiger charge is -2.34. The van der Waals surface area contributed by atoms with E-state index in [2.05, 4.69) is 16.8 Å². The van der Waals surface area contributed by atoms with E-state index in [-0.39, 0.29) is 11.5 Å². The molecule has 2 aromatic rings. The highest BCUT2D eigenvalue weighted by Crippen LogP contribution is 2.26. The van der Waals surface area contributed by atoms with Crippen LogP contribution in [0.4, 0.5) is 9.52 Å². The van der Waals surface area contributed by atoms with Crippen LogP contribution in [0.15, 0.2) is 24.3 Å². The Balaban J connectivity index is 1.67.